The van der Waals surface area contributed by atoms with Gasteiger partial charge < -0.3 is 10.0 Å². The third-order valence-corrected chi connectivity index (χ3v) is 4.45. The highest BCUT2D eigenvalue weighted by Gasteiger charge is 2.34. The summed E-state index contributed by atoms with van der Waals surface area (Å²) in [4.78, 5) is 25.0. The summed E-state index contributed by atoms with van der Waals surface area (Å²) >= 11 is 0. The van der Waals surface area contributed by atoms with Crippen LogP contribution in [0, 0.1) is 19.7 Å². The number of hydrogen-bond donors (Lipinski definition) is 1. The summed E-state index contributed by atoms with van der Waals surface area (Å²) in [6.07, 6.45) is 1.82. The first-order valence-electron chi connectivity index (χ1n) is 8.19. The molecule has 1 heterocycles. The molecule has 1 aromatic carbocycles. The number of benzene rings is 1. The van der Waals surface area contributed by atoms with E-state index in [-0.39, 0.29) is 30.7 Å². The van der Waals surface area contributed by atoms with Crippen LogP contribution in [0.15, 0.2) is 24.3 Å². The Morgan fingerprint density at radius 2 is 1.92 bits per heavy atom. The zero-order valence-electron chi connectivity index (χ0n) is 14.2. The fourth-order valence-corrected chi connectivity index (χ4v) is 2.97. The molecule has 1 N–H and O–H groups in total. The Kier molecular flexibility index (Phi) is 4.57. The van der Waals surface area contributed by atoms with E-state index in [2.05, 4.69) is 5.10 Å². The van der Waals surface area contributed by atoms with Crippen LogP contribution in [0.25, 0.3) is 5.69 Å². The van der Waals surface area contributed by atoms with Crippen LogP contribution in [-0.4, -0.2) is 44.3 Å². The second-order valence-electron chi connectivity index (χ2n) is 6.36. The number of rotatable bonds is 6. The fourth-order valence-electron chi connectivity index (χ4n) is 2.97. The molecule has 1 aliphatic rings. The van der Waals surface area contributed by atoms with E-state index in [1.165, 1.54) is 17.0 Å². The number of aryl methyl sites for hydroxylation is 1. The zero-order valence-corrected chi connectivity index (χ0v) is 14.2. The summed E-state index contributed by atoms with van der Waals surface area (Å²) in [6.45, 7) is 3.40. The topological polar surface area (TPSA) is 75.4 Å². The summed E-state index contributed by atoms with van der Waals surface area (Å²) in [5.74, 6) is -1.53. The number of carbonyl (C=O) groups is 2. The number of carboxylic acid groups (broad SMARTS) is 1. The number of aliphatic carboxylic acids is 1. The number of halogens is 1. The maximum absolute atomic E-state index is 13.1. The Balaban J connectivity index is 1.84. The predicted molar refractivity (Wildman–Crippen MR) is 89.1 cm³/mol. The standard InChI is InChI=1S/C18H20FN3O3/c1-11-16(9-17(23)21(10-18(24)25)14-7-8-14)12(2)22(20-11)15-5-3-13(19)4-6-15/h3-6,14H,7-10H2,1-2H3,(H,24,25). The molecule has 2 aromatic rings. The molecule has 1 aromatic heterocycles. The summed E-state index contributed by atoms with van der Waals surface area (Å²) in [6, 6.07) is 6.01. The normalized spacial score (nSPS) is 13.7. The van der Waals surface area contributed by atoms with E-state index >= 15 is 0 Å². The molecule has 0 aliphatic heterocycles. The Morgan fingerprint density at radius 3 is 2.48 bits per heavy atom. The number of nitrogens with zero attached hydrogens (tertiary/aromatic N) is 3. The van der Waals surface area contributed by atoms with Crippen molar-refractivity contribution >= 4 is 11.9 Å². The van der Waals surface area contributed by atoms with Crippen molar-refractivity contribution in [2.24, 2.45) is 0 Å². The van der Waals surface area contributed by atoms with E-state index in [1.54, 1.807) is 16.8 Å². The lowest BCUT2D eigenvalue weighted by Gasteiger charge is -2.20. The van der Waals surface area contributed by atoms with Gasteiger partial charge in [-0.25, -0.2) is 9.07 Å². The third kappa shape index (κ3) is 3.70. The van der Waals surface area contributed by atoms with Crippen molar-refractivity contribution in [2.45, 2.75) is 39.2 Å². The average molecular weight is 345 g/mol. The largest absolute Gasteiger partial charge is 0.480 e. The Hall–Kier alpha value is -2.70. The summed E-state index contributed by atoms with van der Waals surface area (Å²) in [5.41, 5.74) is 3.00. The number of aromatic nitrogens is 2. The van der Waals surface area contributed by atoms with Crippen molar-refractivity contribution in [3.8, 4) is 5.69 Å². The van der Waals surface area contributed by atoms with E-state index in [4.69, 9.17) is 5.11 Å². The second-order valence-corrected chi connectivity index (χ2v) is 6.36. The van der Waals surface area contributed by atoms with Gasteiger partial charge in [0.2, 0.25) is 5.91 Å². The molecule has 1 fully saturated rings. The van der Waals surface area contributed by atoms with Crippen LogP contribution >= 0.6 is 0 Å². The third-order valence-electron chi connectivity index (χ3n) is 4.45. The van der Waals surface area contributed by atoms with Gasteiger partial charge in [-0.05, 0) is 51.0 Å². The van der Waals surface area contributed by atoms with Gasteiger partial charge in [0.25, 0.3) is 0 Å². The zero-order chi connectivity index (χ0) is 18.1. The lowest BCUT2D eigenvalue weighted by Crippen LogP contribution is -2.38. The van der Waals surface area contributed by atoms with Gasteiger partial charge in [-0.15, -0.1) is 0 Å². The molecule has 1 amide bonds. The predicted octanol–water partition coefficient (Wildman–Crippen LogP) is 2.25. The number of amides is 1. The second kappa shape index (κ2) is 6.66. The first-order chi connectivity index (χ1) is 11.9. The maximum Gasteiger partial charge on any atom is 0.323 e. The smallest absolute Gasteiger partial charge is 0.323 e. The first kappa shape index (κ1) is 17.1. The molecule has 0 radical (unpaired) electrons. The van der Waals surface area contributed by atoms with Crippen LogP contribution in [0.1, 0.15) is 29.8 Å². The molecular weight excluding hydrogens is 325 g/mol. The molecule has 7 heteroatoms. The minimum absolute atomic E-state index is 0.0383. The molecular formula is C18H20FN3O3. The van der Waals surface area contributed by atoms with Crippen molar-refractivity contribution in [3.05, 3.63) is 47.0 Å². The van der Waals surface area contributed by atoms with Gasteiger partial charge in [0, 0.05) is 17.3 Å². The highest BCUT2D eigenvalue weighted by Crippen LogP contribution is 2.28. The molecule has 0 atom stereocenters. The molecule has 0 bridgehead atoms. The lowest BCUT2D eigenvalue weighted by atomic mass is 10.1. The van der Waals surface area contributed by atoms with Gasteiger partial charge in [0.15, 0.2) is 0 Å². The van der Waals surface area contributed by atoms with E-state index in [1.807, 2.05) is 13.8 Å². The van der Waals surface area contributed by atoms with E-state index in [0.29, 0.717) is 11.4 Å². The Morgan fingerprint density at radius 1 is 1.28 bits per heavy atom. The maximum atomic E-state index is 13.1. The van der Waals surface area contributed by atoms with E-state index in [9.17, 15) is 14.0 Å². The number of carboxylic acids is 1. The van der Waals surface area contributed by atoms with E-state index < -0.39 is 5.97 Å². The monoisotopic (exact) mass is 345 g/mol. The highest BCUT2D eigenvalue weighted by atomic mass is 19.1. The van der Waals surface area contributed by atoms with Gasteiger partial charge >= 0.3 is 5.97 Å². The Bertz CT molecular complexity index is 810. The number of hydrogen-bond acceptors (Lipinski definition) is 3. The van der Waals surface area contributed by atoms with Gasteiger partial charge in [0.05, 0.1) is 17.8 Å². The van der Waals surface area contributed by atoms with E-state index in [0.717, 1.165) is 24.1 Å². The van der Waals surface area contributed by atoms with Crippen molar-refractivity contribution < 1.29 is 19.1 Å². The van der Waals surface area contributed by atoms with Crippen LogP contribution < -0.4 is 0 Å². The molecule has 1 saturated carbocycles. The number of carbonyl (C=O) groups excluding carboxylic acids is 1. The Labute approximate surface area is 144 Å². The highest BCUT2D eigenvalue weighted by molar-refractivity contribution is 5.84. The van der Waals surface area contributed by atoms with Gasteiger partial charge in [-0.2, -0.15) is 5.10 Å². The molecule has 25 heavy (non-hydrogen) atoms. The van der Waals surface area contributed by atoms with Crippen LogP contribution in [0.5, 0.6) is 0 Å². The first-order valence-corrected chi connectivity index (χ1v) is 8.19. The molecule has 3 rings (SSSR count). The van der Waals surface area contributed by atoms with Crippen LogP contribution in [-0.2, 0) is 16.0 Å². The summed E-state index contributed by atoms with van der Waals surface area (Å²) in [7, 11) is 0. The van der Waals surface area contributed by atoms with Crippen molar-refractivity contribution in [1.82, 2.24) is 14.7 Å². The minimum Gasteiger partial charge on any atom is -0.480 e. The van der Waals surface area contributed by atoms with Crippen LogP contribution in [0.4, 0.5) is 4.39 Å². The van der Waals surface area contributed by atoms with Crippen molar-refractivity contribution in [2.75, 3.05) is 6.54 Å². The average Bonchev–Trinajstić information content (AvgIpc) is 3.36. The van der Waals surface area contributed by atoms with Gasteiger partial charge in [0.1, 0.15) is 12.4 Å². The van der Waals surface area contributed by atoms with Gasteiger partial charge in [-0.3, -0.25) is 9.59 Å². The lowest BCUT2D eigenvalue weighted by molar-refractivity contribution is -0.144. The van der Waals surface area contributed by atoms with Crippen LogP contribution in [0.2, 0.25) is 0 Å². The quantitative estimate of drug-likeness (QED) is 0.871. The molecule has 0 saturated heterocycles. The van der Waals surface area contributed by atoms with Gasteiger partial charge in [-0.1, -0.05) is 0 Å². The molecule has 6 nitrogen and oxygen atoms in total. The molecule has 1 aliphatic carbocycles. The summed E-state index contributed by atoms with van der Waals surface area (Å²) in [5, 5.41) is 13.5. The minimum atomic E-state index is -1.00. The summed E-state index contributed by atoms with van der Waals surface area (Å²) < 4.78 is 14.8. The van der Waals surface area contributed by atoms with Crippen LogP contribution in [0.3, 0.4) is 0 Å². The van der Waals surface area contributed by atoms with Crippen molar-refractivity contribution in [3.63, 3.8) is 0 Å². The SMILES string of the molecule is Cc1nn(-c2ccc(F)cc2)c(C)c1CC(=O)N(CC(=O)O)C1CC1. The molecule has 0 spiro atoms. The van der Waals surface area contributed by atoms with Crippen molar-refractivity contribution in [1.29, 1.82) is 0 Å². The fraction of sp³-hybridized carbons (Fsp3) is 0.389. The molecule has 0 unspecified atom stereocenters. The molecule has 132 valence electrons.